The first-order chi connectivity index (χ1) is 27.1. The van der Waals surface area contributed by atoms with Crippen LogP contribution in [0.25, 0.3) is 99.5 Å². The van der Waals surface area contributed by atoms with E-state index < -0.39 is 0 Å². The molecule has 0 saturated heterocycles. The van der Waals surface area contributed by atoms with E-state index in [9.17, 15) is 0 Å². The van der Waals surface area contributed by atoms with Gasteiger partial charge in [0.2, 0.25) is 0 Å². The lowest BCUT2D eigenvalue weighted by Gasteiger charge is -2.27. The number of pyridine rings is 1. The first-order valence-corrected chi connectivity index (χ1v) is 19.0. The van der Waals surface area contributed by atoms with Gasteiger partial charge in [0.15, 0.2) is 5.82 Å². The molecule has 3 heteroatoms. The number of benzene rings is 8. The molecule has 0 spiro atoms. The molecule has 2 aromatic heterocycles. The standard InChI is InChI=1S/C52H35N3/c1-52(2)41-28-16-15-27-40(41)50-49(52)48(47-35-22-10-9-17-32(35)29-30-42(47)53-50)45-36-23-11-13-25-38(36)46(39-26-14-12-24-37(39)45)51-54-43(33-18-5-3-6-19-33)31-44(55-51)34-20-7-4-8-21-34/h3-31H,1-2H3. The lowest BCUT2D eigenvalue weighted by atomic mass is 9.76. The van der Waals surface area contributed by atoms with Gasteiger partial charge in [0.1, 0.15) is 0 Å². The summed E-state index contributed by atoms with van der Waals surface area (Å²) in [6.45, 7) is 4.74. The number of hydrogen-bond donors (Lipinski definition) is 0. The molecule has 11 rings (SSSR count). The molecule has 0 fully saturated rings. The van der Waals surface area contributed by atoms with E-state index in [0.29, 0.717) is 5.82 Å². The maximum Gasteiger partial charge on any atom is 0.161 e. The van der Waals surface area contributed by atoms with Crippen molar-refractivity contribution < 1.29 is 0 Å². The third-order valence-electron chi connectivity index (χ3n) is 11.6. The summed E-state index contributed by atoms with van der Waals surface area (Å²) in [5, 5.41) is 8.17. The number of hydrogen-bond acceptors (Lipinski definition) is 3. The molecular weight excluding hydrogens is 667 g/mol. The zero-order valence-electron chi connectivity index (χ0n) is 30.6. The number of nitrogens with zero attached hydrogens (tertiary/aromatic N) is 3. The quantitative estimate of drug-likeness (QED) is 0.135. The van der Waals surface area contributed by atoms with E-state index in [4.69, 9.17) is 15.0 Å². The van der Waals surface area contributed by atoms with Crippen LogP contribution in [-0.2, 0) is 5.41 Å². The van der Waals surface area contributed by atoms with E-state index in [1.165, 1.54) is 54.7 Å². The Bertz CT molecular complexity index is 3050. The summed E-state index contributed by atoms with van der Waals surface area (Å²) in [6, 6.07) is 62.7. The van der Waals surface area contributed by atoms with Crippen molar-refractivity contribution in [3.63, 3.8) is 0 Å². The van der Waals surface area contributed by atoms with Crippen LogP contribution in [-0.4, -0.2) is 15.0 Å². The third kappa shape index (κ3) is 4.73. The number of fused-ring (bicyclic) bond motifs is 8. The molecule has 0 N–H and O–H groups in total. The summed E-state index contributed by atoms with van der Waals surface area (Å²) in [7, 11) is 0. The van der Waals surface area contributed by atoms with Gasteiger partial charge in [-0.25, -0.2) is 15.0 Å². The van der Waals surface area contributed by atoms with Gasteiger partial charge in [-0.3, -0.25) is 0 Å². The van der Waals surface area contributed by atoms with Gasteiger partial charge in [0.05, 0.1) is 22.6 Å². The molecule has 0 unspecified atom stereocenters. The highest BCUT2D eigenvalue weighted by Crippen LogP contribution is 2.56. The molecule has 10 aromatic rings. The van der Waals surface area contributed by atoms with Crippen molar-refractivity contribution in [3.8, 4) is 56.3 Å². The number of rotatable bonds is 4. The van der Waals surface area contributed by atoms with Crippen molar-refractivity contribution in [1.82, 2.24) is 15.0 Å². The van der Waals surface area contributed by atoms with Gasteiger partial charge in [-0.2, -0.15) is 0 Å². The monoisotopic (exact) mass is 701 g/mol. The van der Waals surface area contributed by atoms with Crippen molar-refractivity contribution in [2.75, 3.05) is 0 Å². The minimum atomic E-state index is -0.294. The minimum absolute atomic E-state index is 0.294. The van der Waals surface area contributed by atoms with Crippen LogP contribution in [0, 0.1) is 0 Å². The fraction of sp³-hybridized carbons (Fsp3) is 0.0577. The van der Waals surface area contributed by atoms with Crippen molar-refractivity contribution in [2.45, 2.75) is 19.3 Å². The lowest BCUT2D eigenvalue weighted by Crippen LogP contribution is -2.17. The Morgan fingerprint density at radius 1 is 0.418 bits per heavy atom. The molecule has 3 nitrogen and oxygen atoms in total. The van der Waals surface area contributed by atoms with E-state index in [2.05, 4.69) is 178 Å². The van der Waals surface area contributed by atoms with Gasteiger partial charge in [-0.05, 0) is 66.7 Å². The first-order valence-electron chi connectivity index (χ1n) is 19.0. The zero-order chi connectivity index (χ0) is 36.7. The summed E-state index contributed by atoms with van der Waals surface area (Å²) in [5.41, 5.74) is 13.0. The predicted molar refractivity (Wildman–Crippen MR) is 229 cm³/mol. The Morgan fingerprint density at radius 3 is 1.55 bits per heavy atom. The Hall–Kier alpha value is -6.97. The Morgan fingerprint density at radius 2 is 0.927 bits per heavy atom. The molecule has 258 valence electrons. The average Bonchev–Trinajstić information content (AvgIpc) is 3.48. The first kappa shape index (κ1) is 31.5. The highest BCUT2D eigenvalue weighted by atomic mass is 14.9. The van der Waals surface area contributed by atoms with E-state index in [0.717, 1.165) is 50.1 Å². The SMILES string of the molecule is CC1(C)c2ccccc2-c2nc3ccc4ccccc4c3c(-c3c4ccccc4c(-c4nc(-c5ccccc5)cc(-c5ccccc5)n4)c4ccccc34)c21. The summed E-state index contributed by atoms with van der Waals surface area (Å²) in [4.78, 5) is 16.3. The molecule has 1 aliphatic rings. The summed E-state index contributed by atoms with van der Waals surface area (Å²) in [5.74, 6) is 0.710. The summed E-state index contributed by atoms with van der Waals surface area (Å²) >= 11 is 0. The van der Waals surface area contributed by atoms with E-state index in [1.807, 2.05) is 12.1 Å². The largest absolute Gasteiger partial charge is 0.247 e. The van der Waals surface area contributed by atoms with Gasteiger partial charge in [-0.15, -0.1) is 0 Å². The molecule has 0 aliphatic heterocycles. The van der Waals surface area contributed by atoms with Crippen LogP contribution in [0.1, 0.15) is 25.0 Å². The maximum absolute atomic E-state index is 5.51. The highest BCUT2D eigenvalue weighted by Gasteiger charge is 2.40. The van der Waals surface area contributed by atoms with E-state index in [-0.39, 0.29) is 5.41 Å². The third-order valence-corrected chi connectivity index (χ3v) is 11.6. The van der Waals surface area contributed by atoms with Gasteiger partial charge < -0.3 is 0 Å². The fourth-order valence-corrected chi connectivity index (χ4v) is 9.17. The lowest BCUT2D eigenvalue weighted by molar-refractivity contribution is 0.662. The molecule has 0 saturated carbocycles. The van der Waals surface area contributed by atoms with Crippen molar-refractivity contribution in [1.29, 1.82) is 0 Å². The second kappa shape index (κ2) is 12.0. The Kier molecular flexibility index (Phi) is 6.90. The number of aromatic nitrogens is 3. The Labute approximate surface area is 319 Å². The van der Waals surface area contributed by atoms with Crippen molar-refractivity contribution in [3.05, 3.63) is 187 Å². The molecule has 55 heavy (non-hydrogen) atoms. The van der Waals surface area contributed by atoms with Crippen molar-refractivity contribution in [2.24, 2.45) is 0 Å². The van der Waals surface area contributed by atoms with Gasteiger partial charge in [0, 0.05) is 33.1 Å². The topological polar surface area (TPSA) is 38.7 Å². The van der Waals surface area contributed by atoms with Crippen LogP contribution >= 0.6 is 0 Å². The summed E-state index contributed by atoms with van der Waals surface area (Å²) in [6.07, 6.45) is 0. The van der Waals surface area contributed by atoms with Crippen LogP contribution < -0.4 is 0 Å². The molecule has 0 bridgehead atoms. The highest BCUT2D eigenvalue weighted by molar-refractivity contribution is 6.26. The average molecular weight is 702 g/mol. The molecule has 1 aliphatic carbocycles. The van der Waals surface area contributed by atoms with Crippen LogP contribution in [0.3, 0.4) is 0 Å². The van der Waals surface area contributed by atoms with E-state index >= 15 is 0 Å². The van der Waals surface area contributed by atoms with Gasteiger partial charge in [0.25, 0.3) is 0 Å². The Balaban J connectivity index is 1.31. The normalized spacial score (nSPS) is 13.1. The molecule has 8 aromatic carbocycles. The van der Waals surface area contributed by atoms with Gasteiger partial charge in [-0.1, -0.05) is 178 Å². The van der Waals surface area contributed by atoms with Gasteiger partial charge >= 0.3 is 0 Å². The molecule has 0 radical (unpaired) electrons. The molecule has 0 amide bonds. The molecule has 0 atom stereocenters. The van der Waals surface area contributed by atoms with E-state index in [1.54, 1.807) is 0 Å². The maximum atomic E-state index is 5.51. The molecular formula is C52H35N3. The van der Waals surface area contributed by atoms with Crippen molar-refractivity contribution >= 4 is 43.2 Å². The van der Waals surface area contributed by atoms with Crippen LogP contribution in [0.15, 0.2) is 176 Å². The van der Waals surface area contributed by atoms with Crippen LogP contribution in [0.5, 0.6) is 0 Å². The zero-order valence-corrected chi connectivity index (χ0v) is 30.6. The smallest absolute Gasteiger partial charge is 0.161 e. The fourth-order valence-electron chi connectivity index (χ4n) is 9.17. The predicted octanol–water partition coefficient (Wildman–Crippen LogP) is 13.5. The second-order valence-electron chi connectivity index (χ2n) is 15.1. The molecule has 2 heterocycles. The summed E-state index contributed by atoms with van der Waals surface area (Å²) < 4.78 is 0. The minimum Gasteiger partial charge on any atom is -0.247 e. The second-order valence-corrected chi connectivity index (χ2v) is 15.1. The van der Waals surface area contributed by atoms with Crippen LogP contribution in [0.2, 0.25) is 0 Å². The van der Waals surface area contributed by atoms with Crippen LogP contribution in [0.4, 0.5) is 0 Å².